The number of nitrogens with zero attached hydrogens (tertiary/aromatic N) is 4. The number of carbonyl (C=O) groups excluding carboxylic acids is 1. The highest BCUT2D eigenvalue weighted by Crippen LogP contribution is 2.37. The van der Waals surface area contributed by atoms with Gasteiger partial charge in [0.25, 0.3) is 11.5 Å². The van der Waals surface area contributed by atoms with Gasteiger partial charge in [-0.25, -0.2) is 0 Å². The average molecular weight is 507 g/mol. The first-order valence-corrected chi connectivity index (χ1v) is 13.4. The Labute approximate surface area is 216 Å². The van der Waals surface area contributed by atoms with E-state index in [1.807, 2.05) is 50.3 Å². The SMILES string of the molecule is CCCn1c(N2CCCCCC2)c(/C=C2/SC(=S)N(Cc3ccccc3)C2=O)c(C)c(C#N)c1=O. The molecule has 0 saturated carbocycles. The third kappa shape index (κ3) is 5.21. The van der Waals surface area contributed by atoms with Gasteiger partial charge >= 0.3 is 0 Å². The minimum absolute atomic E-state index is 0.142. The summed E-state index contributed by atoms with van der Waals surface area (Å²) in [4.78, 5) is 31.1. The minimum atomic E-state index is -0.250. The quantitative estimate of drug-likeness (QED) is 0.395. The van der Waals surface area contributed by atoms with Crippen LogP contribution in [0.2, 0.25) is 0 Å². The molecule has 0 radical (unpaired) electrons. The van der Waals surface area contributed by atoms with E-state index in [1.165, 1.54) is 11.8 Å². The Bertz CT molecular complexity index is 1250. The number of carbonyl (C=O) groups is 1. The van der Waals surface area contributed by atoms with Crippen LogP contribution in [0.3, 0.4) is 0 Å². The Morgan fingerprint density at radius 3 is 2.43 bits per heavy atom. The molecule has 2 aliphatic rings. The maximum atomic E-state index is 13.4. The molecule has 1 aromatic carbocycles. The summed E-state index contributed by atoms with van der Waals surface area (Å²) in [5.74, 6) is 0.681. The lowest BCUT2D eigenvalue weighted by molar-refractivity contribution is -0.122. The number of rotatable bonds is 6. The molecule has 35 heavy (non-hydrogen) atoms. The molecule has 3 heterocycles. The second-order valence-corrected chi connectivity index (χ2v) is 10.6. The van der Waals surface area contributed by atoms with E-state index in [-0.39, 0.29) is 17.0 Å². The van der Waals surface area contributed by atoms with E-state index < -0.39 is 0 Å². The monoisotopic (exact) mass is 506 g/mol. The van der Waals surface area contributed by atoms with Gasteiger partial charge in [-0.1, -0.05) is 74.1 Å². The molecule has 1 aromatic heterocycles. The van der Waals surface area contributed by atoms with Crippen molar-refractivity contribution in [3.63, 3.8) is 0 Å². The molecule has 1 amide bonds. The van der Waals surface area contributed by atoms with Crippen molar-refractivity contribution in [1.29, 1.82) is 5.26 Å². The molecule has 6 nitrogen and oxygen atoms in total. The number of hydrogen-bond acceptors (Lipinski definition) is 6. The van der Waals surface area contributed by atoms with Crippen LogP contribution in [0.15, 0.2) is 40.0 Å². The number of pyridine rings is 1. The Morgan fingerprint density at radius 1 is 1.11 bits per heavy atom. The fraction of sp³-hybridized carbons (Fsp3) is 0.407. The molecule has 2 aromatic rings. The van der Waals surface area contributed by atoms with Crippen LogP contribution >= 0.6 is 24.0 Å². The fourth-order valence-corrected chi connectivity index (χ4v) is 5.97. The highest BCUT2D eigenvalue weighted by molar-refractivity contribution is 8.26. The van der Waals surface area contributed by atoms with E-state index in [1.54, 1.807) is 9.47 Å². The highest BCUT2D eigenvalue weighted by atomic mass is 32.2. The first-order valence-electron chi connectivity index (χ1n) is 12.2. The number of nitriles is 1. The van der Waals surface area contributed by atoms with Gasteiger partial charge in [0, 0.05) is 25.2 Å². The summed E-state index contributed by atoms with van der Waals surface area (Å²) in [6.45, 7) is 6.48. The van der Waals surface area contributed by atoms with E-state index in [0.717, 1.165) is 62.1 Å². The van der Waals surface area contributed by atoms with Crippen LogP contribution in [-0.2, 0) is 17.9 Å². The highest BCUT2D eigenvalue weighted by Gasteiger charge is 2.33. The number of anilines is 1. The Balaban J connectivity index is 1.83. The van der Waals surface area contributed by atoms with Crippen molar-refractivity contribution in [3.8, 4) is 6.07 Å². The second-order valence-electron chi connectivity index (χ2n) is 8.96. The Morgan fingerprint density at radius 2 is 1.80 bits per heavy atom. The summed E-state index contributed by atoms with van der Waals surface area (Å²) in [6, 6.07) is 11.9. The standard InChI is InChI=1S/C27H30N4O2S2/c1-3-13-30-24(29-14-9-4-5-10-15-29)21(19(2)22(17-28)25(30)32)16-23-26(33)31(27(34)35-23)18-20-11-7-6-8-12-20/h6-8,11-12,16H,3-5,9-10,13-15,18H2,1-2H3/b23-16+. The zero-order valence-corrected chi connectivity index (χ0v) is 21.9. The minimum Gasteiger partial charge on any atom is -0.357 e. The van der Waals surface area contributed by atoms with E-state index in [4.69, 9.17) is 12.2 Å². The summed E-state index contributed by atoms with van der Waals surface area (Å²) >= 11 is 6.85. The molecular formula is C27H30N4O2S2. The lowest BCUT2D eigenvalue weighted by Crippen LogP contribution is -2.35. The summed E-state index contributed by atoms with van der Waals surface area (Å²) in [5, 5.41) is 9.82. The predicted molar refractivity (Wildman–Crippen MR) is 146 cm³/mol. The zero-order chi connectivity index (χ0) is 24.9. The molecule has 2 saturated heterocycles. The number of aromatic nitrogens is 1. The fourth-order valence-electron chi connectivity index (χ4n) is 4.73. The van der Waals surface area contributed by atoms with Gasteiger partial charge in [-0.3, -0.25) is 19.1 Å². The van der Waals surface area contributed by atoms with Crippen LogP contribution in [0.25, 0.3) is 6.08 Å². The van der Waals surface area contributed by atoms with Gasteiger partial charge in [-0.05, 0) is 43.4 Å². The van der Waals surface area contributed by atoms with Gasteiger partial charge in [0.05, 0.1) is 11.4 Å². The average Bonchev–Trinajstić information content (AvgIpc) is 3.03. The number of amides is 1. The molecule has 8 heteroatoms. The van der Waals surface area contributed by atoms with E-state index in [9.17, 15) is 14.9 Å². The van der Waals surface area contributed by atoms with Crippen molar-refractivity contribution in [2.45, 2.75) is 59.0 Å². The normalized spacial score (nSPS) is 17.7. The molecule has 0 spiro atoms. The lowest BCUT2D eigenvalue weighted by atomic mass is 10.0. The molecule has 182 valence electrons. The van der Waals surface area contributed by atoms with Crippen LogP contribution in [0, 0.1) is 18.3 Å². The molecule has 0 unspecified atom stereocenters. The molecule has 2 aliphatic heterocycles. The lowest BCUT2D eigenvalue weighted by Gasteiger charge is -2.29. The number of benzene rings is 1. The topological polar surface area (TPSA) is 69.3 Å². The first kappa shape index (κ1) is 25.2. The van der Waals surface area contributed by atoms with Gasteiger partial charge in [0.15, 0.2) is 0 Å². The van der Waals surface area contributed by atoms with Crippen molar-refractivity contribution >= 4 is 46.1 Å². The van der Waals surface area contributed by atoms with E-state index in [0.29, 0.717) is 27.9 Å². The van der Waals surface area contributed by atoms with Crippen LogP contribution < -0.4 is 10.5 Å². The maximum Gasteiger partial charge on any atom is 0.270 e. The largest absolute Gasteiger partial charge is 0.357 e. The molecular weight excluding hydrogens is 476 g/mol. The molecule has 0 atom stereocenters. The summed E-state index contributed by atoms with van der Waals surface area (Å²) < 4.78 is 2.26. The van der Waals surface area contributed by atoms with Crippen molar-refractivity contribution in [3.05, 3.63) is 67.8 Å². The summed E-state index contributed by atoms with van der Waals surface area (Å²) in [7, 11) is 0. The molecule has 4 rings (SSSR count). The zero-order valence-electron chi connectivity index (χ0n) is 20.2. The molecule has 0 N–H and O–H groups in total. The third-order valence-corrected chi connectivity index (χ3v) is 7.91. The van der Waals surface area contributed by atoms with Crippen LogP contribution in [0.4, 0.5) is 5.82 Å². The Hall–Kier alpha value is -2.89. The smallest absolute Gasteiger partial charge is 0.270 e. The van der Waals surface area contributed by atoms with Crippen molar-refractivity contribution in [2.24, 2.45) is 0 Å². The maximum absolute atomic E-state index is 13.4. The number of hydrogen-bond donors (Lipinski definition) is 0. The molecule has 2 fully saturated rings. The molecule has 0 bridgehead atoms. The summed E-state index contributed by atoms with van der Waals surface area (Å²) in [6.07, 6.45) is 7.06. The molecule has 0 aliphatic carbocycles. The van der Waals surface area contributed by atoms with Crippen LogP contribution in [0.1, 0.15) is 61.3 Å². The van der Waals surface area contributed by atoms with Gasteiger partial charge in [0.2, 0.25) is 0 Å². The predicted octanol–water partition coefficient (Wildman–Crippen LogP) is 5.22. The van der Waals surface area contributed by atoms with Crippen molar-refractivity contribution in [1.82, 2.24) is 9.47 Å². The van der Waals surface area contributed by atoms with E-state index in [2.05, 4.69) is 11.0 Å². The van der Waals surface area contributed by atoms with E-state index >= 15 is 0 Å². The second kappa shape index (κ2) is 11.2. The third-order valence-electron chi connectivity index (χ3n) is 6.53. The van der Waals surface area contributed by atoms with Gasteiger partial charge < -0.3 is 4.90 Å². The number of thioether (sulfide) groups is 1. The van der Waals surface area contributed by atoms with Crippen LogP contribution in [-0.4, -0.2) is 32.8 Å². The summed E-state index contributed by atoms with van der Waals surface area (Å²) in [5.41, 5.74) is 2.30. The van der Waals surface area contributed by atoms with Crippen LogP contribution in [0.5, 0.6) is 0 Å². The first-order chi connectivity index (χ1) is 17.0. The number of thiocarbonyl (C=S) groups is 1. The Kier molecular flexibility index (Phi) is 8.09. The van der Waals surface area contributed by atoms with Crippen molar-refractivity contribution in [2.75, 3.05) is 18.0 Å². The van der Waals surface area contributed by atoms with Gasteiger partial charge in [-0.2, -0.15) is 5.26 Å². The van der Waals surface area contributed by atoms with Gasteiger partial charge in [0.1, 0.15) is 21.8 Å². The van der Waals surface area contributed by atoms with Crippen molar-refractivity contribution < 1.29 is 4.79 Å². The van der Waals surface area contributed by atoms with Gasteiger partial charge in [-0.15, -0.1) is 0 Å².